The van der Waals surface area contributed by atoms with Crippen LogP contribution < -0.4 is 10.2 Å². The van der Waals surface area contributed by atoms with Gasteiger partial charge in [-0.05, 0) is 50.1 Å². The fourth-order valence-electron chi connectivity index (χ4n) is 2.34. The monoisotopic (exact) mass is 350 g/mol. The second kappa shape index (κ2) is 11.6. The van der Waals surface area contributed by atoms with E-state index < -0.39 is 0 Å². The van der Waals surface area contributed by atoms with Crippen LogP contribution in [0.25, 0.3) is 0 Å². The van der Waals surface area contributed by atoms with E-state index in [1.165, 1.54) is 0 Å². The predicted molar refractivity (Wildman–Crippen MR) is 99.0 cm³/mol. The molecule has 0 unspecified atom stereocenters. The summed E-state index contributed by atoms with van der Waals surface area (Å²) in [6.07, 6.45) is 0.863. The number of nitrogens with one attached hydrogen (secondary N) is 1. The van der Waals surface area contributed by atoms with Gasteiger partial charge in [0.2, 0.25) is 5.91 Å². The van der Waals surface area contributed by atoms with E-state index in [1.807, 2.05) is 0 Å². The van der Waals surface area contributed by atoms with E-state index in [1.54, 1.807) is 43.2 Å². The first-order chi connectivity index (χ1) is 12.0. The summed E-state index contributed by atoms with van der Waals surface area (Å²) in [7, 11) is 1.66. The number of nitrogens with zero attached hydrogens (tertiary/aromatic N) is 1. The number of methoxy groups -OCH3 is 1. The minimum Gasteiger partial charge on any atom is -0.462 e. The zero-order valence-corrected chi connectivity index (χ0v) is 15.7. The molecule has 0 aliphatic rings. The van der Waals surface area contributed by atoms with Crippen LogP contribution in [0, 0.1) is 5.92 Å². The van der Waals surface area contributed by atoms with Crippen LogP contribution in [-0.2, 0) is 14.3 Å². The number of benzene rings is 1. The number of esters is 1. The Bertz CT molecular complexity index is 529. The van der Waals surface area contributed by atoms with Crippen LogP contribution in [0.2, 0.25) is 0 Å². The van der Waals surface area contributed by atoms with Crippen LogP contribution >= 0.6 is 0 Å². The zero-order valence-electron chi connectivity index (χ0n) is 15.7. The first kappa shape index (κ1) is 21.1. The number of hydrogen-bond donors (Lipinski definition) is 1. The number of ether oxygens (including phenoxy) is 2. The molecule has 0 saturated heterocycles. The lowest BCUT2D eigenvalue weighted by Gasteiger charge is -2.25. The number of amides is 1. The lowest BCUT2D eigenvalue weighted by molar-refractivity contribution is -0.117. The van der Waals surface area contributed by atoms with Gasteiger partial charge in [-0.3, -0.25) is 4.79 Å². The van der Waals surface area contributed by atoms with Crippen LogP contribution in [0.15, 0.2) is 24.3 Å². The van der Waals surface area contributed by atoms with E-state index in [9.17, 15) is 9.59 Å². The van der Waals surface area contributed by atoms with E-state index >= 15 is 0 Å². The second-order valence-electron chi connectivity index (χ2n) is 6.19. The quantitative estimate of drug-likeness (QED) is 0.490. The van der Waals surface area contributed by atoms with Crippen molar-refractivity contribution < 1.29 is 19.1 Å². The highest BCUT2D eigenvalue weighted by molar-refractivity contribution is 5.96. The third kappa shape index (κ3) is 7.67. The van der Waals surface area contributed by atoms with Gasteiger partial charge in [-0.2, -0.15) is 0 Å². The van der Waals surface area contributed by atoms with Crippen molar-refractivity contribution in [3.05, 3.63) is 29.8 Å². The highest BCUT2D eigenvalue weighted by atomic mass is 16.5. The summed E-state index contributed by atoms with van der Waals surface area (Å²) >= 11 is 0. The Hall–Kier alpha value is -1.92. The highest BCUT2D eigenvalue weighted by Gasteiger charge is 2.17. The molecule has 0 heterocycles. The van der Waals surface area contributed by atoms with Crippen molar-refractivity contribution in [2.45, 2.75) is 27.2 Å². The van der Waals surface area contributed by atoms with Crippen molar-refractivity contribution in [3.8, 4) is 0 Å². The molecule has 0 spiro atoms. The lowest BCUT2D eigenvalue weighted by atomic mass is 10.1. The van der Waals surface area contributed by atoms with E-state index in [0.29, 0.717) is 31.2 Å². The smallest absolute Gasteiger partial charge is 0.338 e. The number of anilines is 1. The average Bonchev–Trinajstić information content (AvgIpc) is 2.59. The zero-order chi connectivity index (χ0) is 18.7. The molecule has 0 atom stereocenters. The second-order valence-corrected chi connectivity index (χ2v) is 6.19. The molecule has 0 bridgehead atoms. The summed E-state index contributed by atoms with van der Waals surface area (Å²) in [5, 5.41) is 3.14. The van der Waals surface area contributed by atoms with Crippen molar-refractivity contribution in [1.29, 1.82) is 0 Å². The maximum Gasteiger partial charge on any atom is 0.338 e. The first-order valence-corrected chi connectivity index (χ1v) is 8.76. The van der Waals surface area contributed by atoms with Crippen LogP contribution in [0.5, 0.6) is 0 Å². The Kier molecular flexibility index (Phi) is 9.80. The standard InChI is InChI=1S/C19H30N2O4/c1-5-25-19(23)16-7-9-17(10-8-16)21(14-15(2)3)18(22)13-20-11-6-12-24-4/h7-10,15,20H,5-6,11-14H2,1-4H3. The molecule has 1 rings (SSSR count). The fourth-order valence-corrected chi connectivity index (χ4v) is 2.34. The summed E-state index contributed by atoms with van der Waals surface area (Å²) in [5.41, 5.74) is 1.27. The van der Waals surface area contributed by atoms with Gasteiger partial charge in [-0.15, -0.1) is 0 Å². The van der Waals surface area contributed by atoms with Gasteiger partial charge < -0.3 is 19.7 Å². The van der Waals surface area contributed by atoms with Crippen molar-refractivity contribution >= 4 is 17.6 Å². The number of hydrogen-bond acceptors (Lipinski definition) is 5. The fraction of sp³-hybridized carbons (Fsp3) is 0.579. The van der Waals surface area contributed by atoms with E-state index in [0.717, 1.165) is 18.7 Å². The summed E-state index contributed by atoms with van der Waals surface area (Å²) in [4.78, 5) is 26.1. The molecule has 6 heteroatoms. The number of rotatable bonds is 11. The molecule has 6 nitrogen and oxygen atoms in total. The van der Waals surface area contributed by atoms with Gasteiger partial charge in [0.25, 0.3) is 0 Å². The Morgan fingerprint density at radius 1 is 1.20 bits per heavy atom. The highest BCUT2D eigenvalue weighted by Crippen LogP contribution is 2.18. The summed E-state index contributed by atoms with van der Waals surface area (Å²) < 4.78 is 9.98. The van der Waals surface area contributed by atoms with Crippen LogP contribution in [0.4, 0.5) is 5.69 Å². The summed E-state index contributed by atoms with van der Waals surface area (Å²) in [6.45, 7) is 8.55. The molecule has 0 radical (unpaired) electrons. The van der Waals surface area contributed by atoms with Crippen LogP contribution in [0.1, 0.15) is 37.6 Å². The molecular weight excluding hydrogens is 320 g/mol. The third-order valence-electron chi connectivity index (χ3n) is 3.52. The first-order valence-electron chi connectivity index (χ1n) is 8.76. The van der Waals surface area contributed by atoms with Crippen molar-refractivity contribution in [1.82, 2.24) is 5.32 Å². The van der Waals surface area contributed by atoms with Gasteiger partial charge in [-0.1, -0.05) is 13.8 Å². The van der Waals surface area contributed by atoms with Crippen molar-refractivity contribution in [2.75, 3.05) is 44.9 Å². The molecule has 0 aliphatic heterocycles. The van der Waals surface area contributed by atoms with E-state index in [-0.39, 0.29) is 18.4 Å². The summed E-state index contributed by atoms with van der Waals surface area (Å²) in [6, 6.07) is 6.97. The van der Waals surface area contributed by atoms with Crippen LogP contribution in [0.3, 0.4) is 0 Å². The average molecular weight is 350 g/mol. The maximum atomic E-state index is 12.6. The SMILES string of the molecule is CCOC(=O)c1ccc(N(CC(C)C)C(=O)CNCCCOC)cc1. The van der Waals surface area contributed by atoms with E-state index in [4.69, 9.17) is 9.47 Å². The van der Waals surface area contributed by atoms with Gasteiger partial charge in [0.15, 0.2) is 0 Å². The molecule has 0 fully saturated rings. The van der Waals surface area contributed by atoms with Crippen LogP contribution in [-0.4, -0.2) is 51.8 Å². The Morgan fingerprint density at radius 3 is 2.44 bits per heavy atom. The van der Waals surface area contributed by atoms with Gasteiger partial charge in [-0.25, -0.2) is 4.79 Å². The minimum atomic E-state index is -0.351. The molecule has 1 amide bonds. The number of carbonyl (C=O) groups excluding carboxylic acids is 2. The predicted octanol–water partition coefficient (Wildman–Crippen LogP) is 2.48. The molecule has 0 saturated carbocycles. The Morgan fingerprint density at radius 2 is 1.88 bits per heavy atom. The molecule has 1 N–H and O–H groups in total. The third-order valence-corrected chi connectivity index (χ3v) is 3.52. The molecule has 1 aromatic carbocycles. The molecule has 0 aliphatic carbocycles. The topological polar surface area (TPSA) is 67.9 Å². The maximum absolute atomic E-state index is 12.6. The van der Waals surface area contributed by atoms with Gasteiger partial charge >= 0.3 is 5.97 Å². The van der Waals surface area contributed by atoms with Gasteiger partial charge in [0, 0.05) is 25.9 Å². The largest absolute Gasteiger partial charge is 0.462 e. The molecule has 25 heavy (non-hydrogen) atoms. The minimum absolute atomic E-state index is 0.00926. The lowest BCUT2D eigenvalue weighted by Crippen LogP contribution is -2.40. The molecule has 1 aromatic rings. The van der Waals surface area contributed by atoms with Gasteiger partial charge in [0.1, 0.15) is 0 Å². The summed E-state index contributed by atoms with van der Waals surface area (Å²) in [5.74, 6) is -0.00669. The number of carbonyl (C=O) groups is 2. The van der Waals surface area contributed by atoms with E-state index in [2.05, 4.69) is 19.2 Å². The molecule has 140 valence electrons. The molecule has 0 aromatic heterocycles. The normalized spacial score (nSPS) is 10.8. The van der Waals surface area contributed by atoms with Crippen molar-refractivity contribution in [3.63, 3.8) is 0 Å². The molecular formula is C19H30N2O4. The van der Waals surface area contributed by atoms with Crippen molar-refractivity contribution in [2.24, 2.45) is 5.92 Å². The van der Waals surface area contributed by atoms with Gasteiger partial charge in [0.05, 0.1) is 18.7 Å². The Labute approximate surface area is 150 Å². The Balaban J connectivity index is 2.73.